The Morgan fingerprint density at radius 3 is 2.93 bits per heavy atom. The minimum Gasteiger partial charge on any atom is -0.363 e. The number of H-pyrrole nitrogens is 1. The molecule has 0 aromatic carbocycles. The van der Waals surface area contributed by atoms with Crippen molar-refractivity contribution in [2.24, 2.45) is 0 Å². The molecule has 0 spiro atoms. The summed E-state index contributed by atoms with van der Waals surface area (Å²) in [4.78, 5) is 24.7. The number of aromatic nitrogens is 2. The van der Waals surface area contributed by atoms with Gasteiger partial charge < -0.3 is 14.8 Å². The Morgan fingerprint density at radius 2 is 2.33 bits per heavy atom. The predicted molar refractivity (Wildman–Crippen MR) is 51.5 cm³/mol. The molecule has 0 aliphatic rings. The number of nitrogens with zero attached hydrogens (tertiary/aromatic N) is 1. The third-order valence-corrected chi connectivity index (χ3v) is 1.74. The van der Waals surface area contributed by atoms with Gasteiger partial charge in [0, 0.05) is 12.3 Å². The van der Waals surface area contributed by atoms with Crippen LogP contribution in [0.5, 0.6) is 0 Å². The molecule has 6 heteroatoms. The molecule has 2 rings (SSSR count). The molecule has 0 fully saturated rings. The van der Waals surface area contributed by atoms with Crippen LogP contribution >= 0.6 is 0 Å². The fourth-order valence-electron chi connectivity index (χ4n) is 1.02. The van der Waals surface area contributed by atoms with Crippen LogP contribution in [0.25, 0.3) is 0 Å². The number of carbonyl (C=O) groups is 1. The Bertz CT molecular complexity index is 495. The van der Waals surface area contributed by atoms with Gasteiger partial charge in [-0.3, -0.25) is 9.59 Å². The zero-order chi connectivity index (χ0) is 10.7. The molecule has 0 radical (unpaired) electrons. The average Bonchev–Trinajstić information content (AvgIpc) is 2.71. The van der Waals surface area contributed by atoms with Crippen LogP contribution in [-0.4, -0.2) is 16.0 Å². The largest absolute Gasteiger partial charge is 0.363 e. The van der Waals surface area contributed by atoms with Gasteiger partial charge in [-0.15, -0.1) is 0 Å². The van der Waals surface area contributed by atoms with Crippen LogP contribution in [-0.2, 0) is 0 Å². The summed E-state index contributed by atoms with van der Waals surface area (Å²) in [6.45, 7) is 0. The second-order valence-corrected chi connectivity index (χ2v) is 2.81. The van der Waals surface area contributed by atoms with E-state index in [1.165, 1.54) is 30.8 Å². The number of aromatic amines is 1. The first-order chi connectivity index (χ1) is 7.25. The van der Waals surface area contributed by atoms with Crippen molar-refractivity contribution in [2.45, 2.75) is 0 Å². The van der Waals surface area contributed by atoms with Crippen LogP contribution in [0.1, 0.15) is 10.4 Å². The molecular weight excluding hydrogens is 198 g/mol. The van der Waals surface area contributed by atoms with Gasteiger partial charge in [0.25, 0.3) is 5.91 Å². The summed E-state index contributed by atoms with van der Waals surface area (Å²) < 4.78 is 4.55. The lowest BCUT2D eigenvalue weighted by atomic mass is 10.2. The third kappa shape index (κ3) is 2.11. The molecule has 6 nitrogen and oxygen atoms in total. The quantitative estimate of drug-likeness (QED) is 0.752. The molecule has 1 amide bonds. The van der Waals surface area contributed by atoms with Crippen LogP contribution in [0.2, 0.25) is 0 Å². The van der Waals surface area contributed by atoms with Crippen molar-refractivity contribution in [1.82, 2.24) is 10.1 Å². The lowest BCUT2D eigenvalue weighted by molar-refractivity contribution is 0.102. The Labute approximate surface area is 83.9 Å². The van der Waals surface area contributed by atoms with E-state index >= 15 is 0 Å². The number of pyridine rings is 1. The highest BCUT2D eigenvalue weighted by Gasteiger charge is 2.06. The number of anilines is 1. The van der Waals surface area contributed by atoms with Crippen LogP contribution < -0.4 is 10.9 Å². The summed E-state index contributed by atoms with van der Waals surface area (Å²) in [5.41, 5.74) is 0.568. The second-order valence-electron chi connectivity index (χ2n) is 2.81. The molecule has 0 saturated heterocycles. The molecule has 2 aromatic heterocycles. The van der Waals surface area contributed by atoms with Gasteiger partial charge in [0.1, 0.15) is 12.0 Å². The van der Waals surface area contributed by atoms with Crippen LogP contribution in [0.4, 0.5) is 5.69 Å². The van der Waals surface area contributed by atoms with Crippen LogP contribution in [0, 0.1) is 0 Å². The highest BCUT2D eigenvalue weighted by atomic mass is 16.5. The Balaban J connectivity index is 2.15. The van der Waals surface area contributed by atoms with E-state index in [0.717, 1.165) is 0 Å². The molecule has 76 valence electrons. The molecule has 0 atom stereocenters. The van der Waals surface area contributed by atoms with Crippen molar-refractivity contribution in [3.05, 3.63) is 46.7 Å². The first-order valence-corrected chi connectivity index (χ1v) is 4.15. The molecule has 2 aromatic rings. The van der Waals surface area contributed by atoms with Crippen molar-refractivity contribution in [3.8, 4) is 0 Å². The van der Waals surface area contributed by atoms with E-state index in [4.69, 9.17) is 0 Å². The van der Waals surface area contributed by atoms with E-state index in [9.17, 15) is 9.59 Å². The van der Waals surface area contributed by atoms with Crippen molar-refractivity contribution in [1.29, 1.82) is 0 Å². The average molecular weight is 205 g/mol. The van der Waals surface area contributed by atoms with E-state index in [-0.39, 0.29) is 11.5 Å². The summed E-state index contributed by atoms with van der Waals surface area (Å²) in [7, 11) is 0. The SMILES string of the molecule is O=C(Nc1cnoc1)c1ccc(=O)[nH]c1. The molecule has 15 heavy (non-hydrogen) atoms. The van der Waals surface area contributed by atoms with Gasteiger partial charge in [-0.2, -0.15) is 0 Å². The van der Waals surface area contributed by atoms with Gasteiger partial charge >= 0.3 is 0 Å². The van der Waals surface area contributed by atoms with E-state index < -0.39 is 0 Å². The van der Waals surface area contributed by atoms with E-state index in [0.29, 0.717) is 11.3 Å². The number of nitrogens with one attached hydrogen (secondary N) is 2. The van der Waals surface area contributed by atoms with Gasteiger partial charge in [0.2, 0.25) is 5.56 Å². The number of hydrogen-bond acceptors (Lipinski definition) is 4. The molecule has 2 heterocycles. The highest BCUT2D eigenvalue weighted by Crippen LogP contribution is 2.05. The minimum atomic E-state index is -0.338. The normalized spacial score (nSPS) is 9.87. The van der Waals surface area contributed by atoms with Gasteiger partial charge in [-0.1, -0.05) is 5.16 Å². The van der Waals surface area contributed by atoms with Crippen molar-refractivity contribution in [2.75, 3.05) is 5.32 Å². The zero-order valence-corrected chi connectivity index (χ0v) is 7.56. The third-order valence-electron chi connectivity index (χ3n) is 1.74. The summed E-state index contributed by atoms with van der Waals surface area (Å²) in [6, 6.07) is 2.71. The fraction of sp³-hybridized carbons (Fsp3) is 0. The minimum absolute atomic E-state index is 0.253. The van der Waals surface area contributed by atoms with Crippen LogP contribution in [0.3, 0.4) is 0 Å². The van der Waals surface area contributed by atoms with Gasteiger partial charge in [-0.05, 0) is 6.07 Å². The maximum atomic E-state index is 11.5. The van der Waals surface area contributed by atoms with Crippen molar-refractivity contribution in [3.63, 3.8) is 0 Å². The molecule has 0 aliphatic heterocycles. The Hall–Kier alpha value is -2.37. The lowest BCUT2D eigenvalue weighted by Gasteiger charge is -1.99. The molecule has 0 aliphatic carbocycles. The van der Waals surface area contributed by atoms with E-state index in [1.54, 1.807) is 0 Å². The monoisotopic (exact) mass is 205 g/mol. The molecule has 0 bridgehead atoms. The highest BCUT2D eigenvalue weighted by molar-refractivity contribution is 6.03. The van der Waals surface area contributed by atoms with E-state index in [1.807, 2.05) is 0 Å². The molecular formula is C9H7N3O3. The maximum absolute atomic E-state index is 11.5. The number of rotatable bonds is 2. The maximum Gasteiger partial charge on any atom is 0.257 e. The molecule has 2 N–H and O–H groups in total. The van der Waals surface area contributed by atoms with Gasteiger partial charge in [0.05, 0.1) is 11.8 Å². The van der Waals surface area contributed by atoms with Gasteiger partial charge in [0.15, 0.2) is 0 Å². The van der Waals surface area contributed by atoms with Crippen molar-refractivity contribution >= 4 is 11.6 Å². The Kier molecular flexibility index (Phi) is 2.32. The van der Waals surface area contributed by atoms with Crippen molar-refractivity contribution < 1.29 is 9.32 Å². The predicted octanol–water partition coefficient (Wildman–Crippen LogP) is 0.615. The molecule has 0 unspecified atom stereocenters. The summed E-state index contributed by atoms with van der Waals surface area (Å²) in [5, 5.41) is 5.98. The summed E-state index contributed by atoms with van der Waals surface area (Å²) in [5.74, 6) is -0.338. The summed E-state index contributed by atoms with van der Waals surface area (Å²) >= 11 is 0. The zero-order valence-electron chi connectivity index (χ0n) is 7.56. The lowest BCUT2D eigenvalue weighted by Crippen LogP contribution is -2.14. The molecule has 0 saturated carbocycles. The standard InChI is InChI=1S/C9H7N3O3/c13-8-2-1-6(3-10-8)9(14)12-7-4-11-15-5-7/h1-5H,(H,10,13)(H,12,14). The topological polar surface area (TPSA) is 88.0 Å². The second kappa shape index (κ2) is 3.79. The fourth-order valence-corrected chi connectivity index (χ4v) is 1.02. The smallest absolute Gasteiger partial charge is 0.257 e. The first kappa shape index (κ1) is 9.20. The van der Waals surface area contributed by atoms with Crippen LogP contribution in [0.15, 0.2) is 40.1 Å². The Morgan fingerprint density at radius 1 is 1.47 bits per heavy atom. The van der Waals surface area contributed by atoms with Gasteiger partial charge in [-0.25, -0.2) is 0 Å². The first-order valence-electron chi connectivity index (χ1n) is 4.15. The summed E-state index contributed by atoms with van der Waals surface area (Å²) in [6.07, 6.45) is 4.03. The number of amides is 1. The number of carbonyl (C=O) groups excluding carboxylic acids is 1. The number of hydrogen-bond donors (Lipinski definition) is 2. The van der Waals surface area contributed by atoms with E-state index in [2.05, 4.69) is 20.0 Å².